The van der Waals surface area contributed by atoms with Crippen LogP contribution in [0.4, 0.5) is 0 Å². The molecule has 0 aliphatic heterocycles. The summed E-state index contributed by atoms with van der Waals surface area (Å²) in [6.07, 6.45) is 1.43. The van der Waals surface area contributed by atoms with E-state index in [1.54, 1.807) is 24.3 Å². The summed E-state index contributed by atoms with van der Waals surface area (Å²) in [5.74, 6) is 0. The van der Waals surface area contributed by atoms with E-state index >= 15 is 0 Å². The minimum Gasteiger partial charge on any atom is -0.199 e. The van der Waals surface area contributed by atoms with E-state index in [4.69, 9.17) is 0 Å². The Morgan fingerprint density at radius 1 is 1.15 bits per heavy atom. The third-order valence-electron chi connectivity index (χ3n) is 2.81. The van der Waals surface area contributed by atoms with E-state index in [1.165, 1.54) is 17.5 Å². The maximum Gasteiger partial charge on any atom is 0.284 e. The van der Waals surface area contributed by atoms with Gasteiger partial charge in [0.15, 0.2) is 0 Å². The molecule has 0 fully saturated rings. The highest BCUT2D eigenvalue weighted by atomic mass is 32.2. The molecule has 5 nitrogen and oxygen atoms in total. The molecule has 3 aromatic rings. The van der Waals surface area contributed by atoms with Gasteiger partial charge in [-0.15, -0.1) is 20.5 Å². The summed E-state index contributed by atoms with van der Waals surface area (Å²) in [4.78, 5) is 1.08. The molecule has 0 spiro atoms. The molecule has 1 aromatic carbocycles. The standard InChI is InChI=1S/C13H11N3O2S2/c1-10-4-6-11(7-5-10)20(17,18)16-9-12(14-15-16)13-3-2-8-19-13/h2-9H,1H3. The minimum absolute atomic E-state index is 0.200. The summed E-state index contributed by atoms with van der Waals surface area (Å²) >= 11 is 1.49. The Bertz CT molecular complexity index is 819. The van der Waals surface area contributed by atoms with Crippen LogP contribution < -0.4 is 0 Å². The number of benzene rings is 1. The molecule has 2 heterocycles. The van der Waals surface area contributed by atoms with Gasteiger partial charge in [0.1, 0.15) is 5.69 Å². The first-order valence-electron chi connectivity index (χ1n) is 5.86. The van der Waals surface area contributed by atoms with Crippen LogP contribution in [0, 0.1) is 6.92 Å². The molecule has 0 radical (unpaired) electrons. The molecule has 0 saturated carbocycles. The molecule has 0 bridgehead atoms. The van der Waals surface area contributed by atoms with E-state index in [9.17, 15) is 8.42 Å². The number of rotatable bonds is 3. The van der Waals surface area contributed by atoms with Crippen LogP contribution in [0.2, 0.25) is 0 Å². The molecule has 3 rings (SSSR count). The van der Waals surface area contributed by atoms with Crippen LogP contribution >= 0.6 is 11.3 Å². The fraction of sp³-hybridized carbons (Fsp3) is 0.0769. The van der Waals surface area contributed by atoms with E-state index in [-0.39, 0.29) is 4.90 Å². The number of aryl methyl sites for hydroxylation is 1. The molecule has 0 amide bonds. The van der Waals surface area contributed by atoms with Crippen molar-refractivity contribution in [2.45, 2.75) is 11.8 Å². The molecular formula is C13H11N3O2S2. The Balaban J connectivity index is 2.02. The summed E-state index contributed by atoms with van der Waals surface area (Å²) in [6, 6.07) is 10.4. The molecule has 0 aliphatic carbocycles. The van der Waals surface area contributed by atoms with Crippen molar-refractivity contribution >= 4 is 21.4 Å². The number of aromatic nitrogens is 3. The molecule has 0 N–H and O–H groups in total. The van der Waals surface area contributed by atoms with Gasteiger partial charge in [-0.3, -0.25) is 0 Å². The van der Waals surface area contributed by atoms with Crippen LogP contribution in [0.3, 0.4) is 0 Å². The number of hydrogen-bond donors (Lipinski definition) is 0. The summed E-state index contributed by atoms with van der Waals surface area (Å²) < 4.78 is 25.7. The molecule has 0 aliphatic rings. The molecular weight excluding hydrogens is 294 g/mol. The van der Waals surface area contributed by atoms with Gasteiger partial charge in [0, 0.05) is 0 Å². The van der Waals surface area contributed by atoms with Gasteiger partial charge in [0.2, 0.25) is 0 Å². The molecule has 0 atom stereocenters. The lowest BCUT2D eigenvalue weighted by atomic mass is 10.2. The lowest BCUT2D eigenvalue weighted by Crippen LogP contribution is -2.13. The Morgan fingerprint density at radius 3 is 2.55 bits per heavy atom. The van der Waals surface area contributed by atoms with Crippen LogP contribution in [0.15, 0.2) is 52.9 Å². The van der Waals surface area contributed by atoms with Crippen molar-refractivity contribution in [3.05, 3.63) is 53.5 Å². The average molecular weight is 305 g/mol. The second-order valence-electron chi connectivity index (χ2n) is 4.27. The SMILES string of the molecule is Cc1ccc(S(=O)(=O)n2cc(-c3cccs3)nn2)cc1. The van der Waals surface area contributed by atoms with Gasteiger partial charge in [0.25, 0.3) is 10.0 Å². The van der Waals surface area contributed by atoms with Gasteiger partial charge in [-0.1, -0.05) is 29.0 Å². The first-order chi connectivity index (χ1) is 9.57. The van der Waals surface area contributed by atoms with E-state index in [2.05, 4.69) is 10.3 Å². The fourth-order valence-electron chi connectivity index (χ4n) is 1.72. The van der Waals surface area contributed by atoms with Crippen molar-refractivity contribution in [3.63, 3.8) is 0 Å². The number of thiophene rings is 1. The Morgan fingerprint density at radius 2 is 1.90 bits per heavy atom. The van der Waals surface area contributed by atoms with E-state index in [0.29, 0.717) is 5.69 Å². The Kier molecular flexibility index (Phi) is 3.15. The number of nitrogens with zero attached hydrogens (tertiary/aromatic N) is 3. The molecule has 20 heavy (non-hydrogen) atoms. The zero-order chi connectivity index (χ0) is 14.2. The van der Waals surface area contributed by atoms with Crippen LogP contribution in [-0.4, -0.2) is 22.8 Å². The zero-order valence-corrected chi connectivity index (χ0v) is 12.2. The van der Waals surface area contributed by atoms with Crippen LogP contribution in [-0.2, 0) is 10.0 Å². The molecule has 0 saturated heterocycles. The van der Waals surface area contributed by atoms with Crippen molar-refractivity contribution in [1.29, 1.82) is 0 Å². The molecule has 102 valence electrons. The highest BCUT2D eigenvalue weighted by Crippen LogP contribution is 2.23. The average Bonchev–Trinajstić information content (AvgIpc) is 3.10. The largest absolute Gasteiger partial charge is 0.284 e. The lowest BCUT2D eigenvalue weighted by molar-refractivity contribution is 0.577. The minimum atomic E-state index is -3.68. The van der Waals surface area contributed by atoms with E-state index < -0.39 is 10.0 Å². The first-order valence-corrected chi connectivity index (χ1v) is 8.18. The maximum absolute atomic E-state index is 12.4. The van der Waals surface area contributed by atoms with Crippen molar-refractivity contribution in [1.82, 2.24) is 14.4 Å². The second kappa shape index (κ2) is 4.84. The van der Waals surface area contributed by atoms with E-state index in [0.717, 1.165) is 14.5 Å². The summed E-state index contributed by atoms with van der Waals surface area (Å²) in [5, 5.41) is 9.55. The van der Waals surface area contributed by atoms with Crippen LogP contribution in [0.1, 0.15) is 5.56 Å². The van der Waals surface area contributed by atoms with Gasteiger partial charge >= 0.3 is 0 Å². The molecule has 0 unspecified atom stereocenters. The molecule has 7 heteroatoms. The van der Waals surface area contributed by atoms with Gasteiger partial charge in [-0.05, 0) is 30.5 Å². The third kappa shape index (κ3) is 2.25. The zero-order valence-electron chi connectivity index (χ0n) is 10.6. The lowest BCUT2D eigenvalue weighted by Gasteiger charge is -2.03. The monoisotopic (exact) mass is 305 g/mol. The topological polar surface area (TPSA) is 64.8 Å². The van der Waals surface area contributed by atoms with Crippen molar-refractivity contribution in [3.8, 4) is 10.6 Å². The third-order valence-corrected chi connectivity index (χ3v) is 5.24. The maximum atomic E-state index is 12.4. The van der Waals surface area contributed by atoms with Crippen molar-refractivity contribution in [2.75, 3.05) is 0 Å². The summed E-state index contributed by atoms with van der Waals surface area (Å²) in [6.45, 7) is 1.90. The second-order valence-corrected chi connectivity index (χ2v) is 7.02. The van der Waals surface area contributed by atoms with Crippen LogP contribution in [0.5, 0.6) is 0 Å². The quantitative estimate of drug-likeness (QED) is 0.746. The predicted molar refractivity (Wildman–Crippen MR) is 77.1 cm³/mol. The normalized spacial score (nSPS) is 11.7. The van der Waals surface area contributed by atoms with Gasteiger partial charge in [-0.2, -0.15) is 8.42 Å². The summed E-state index contributed by atoms with van der Waals surface area (Å²) in [7, 11) is -3.68. The smallest absolute Gasteiger partial charge is 0.199 e. The molecule has 2 aromatic heterocycles. The van der Waals surface area contributed by atoms with Crippen molar-refractivity contribution in [2.24, 2.45) is 0 Å². The highest BCUT2D eigenvalue weighted by Gasteiger charge is 2.19. The Labute approximate surface area is 120 Å². The van der Waals surface area contributed by atoms with Gasteiger partial charge in [0.05, 0.1) is 16.0 Å². The van der Waals surface area contributed by atoms with Crippen LogP contribution in [0.25, 0.3) is 10.6 Å². The van der Waals surface area contributed by atoms with E-state index in [1.807, 2.05) is 24.4 Å². The summed E-state index contributed by atoms with van der Waals surface area (Å²) in [5.41, 5.74) is 1.55. The number of hydrogen-bond acceptors (Lipinski definition) is 5. The Hall–Kier alpha value is -1.99. The van der Waals surface area contributed by atoms with Gasteiger partial charge < -0.3 is 0 Å². The highest BCUT2D eigenvalue weighted by molar-refractivity contribution is 7.89. The fourth-order valence-corrected chi connectivity index (χ4v) is 3.46. The van der Waals surface area contributed by atoms with Crippen molar-refractivity contribution < 1.29 is 8.42 Å². The van der Waals surface area contributed by atoms with Gasteiger partial charge in [-0.25, -0.2) is 0 Å². The first kappa shape index (κ1) is 13.0. The predicted octanol–water partition coefficient (Wildman–Crippen LogP) is 2.55.